The Labute approximate surface area is 126 Å². The smallest absolute Gasteiger partial charge is 0.307 e. The van der Waals surface area contributed by atoms with E-state index in [1.807, 2.05) is 6.20 Å². The van der Waals surface area contributed by atoms with Gasteiger partial charge in [-0.25, -0.2) is 0 Å². The lowest BCUT2D eigenvalue weighted by Gasteiger charge is -2.09. The van der Waals surface area contributed by atoms with Gasteiger partial charge in [-0.3, -0.25) is 4.79 Å². The minimum Gasteiger partial charge on any atom is -0.469 e. The second-order valence-electron chi connectivity index (χ2n) is 5.71. The summed E-state index contributed by atoms with van der Waals surface area (Å²) in [5, 5.41) is 4.73. The molecule has 0 amide bonds. The molecular formula is C17H24N2O2. The van der Waals surface area contributed by atoms with Crippen molar-refractivity contribution < 1.29 is 9.53 Å². The number of aromatic nitrogens is 1. The number of benzene rings is 1. The molecule has 4 nitrogen and oxygen atoms in total. The van der Waals surface area contributed by atoms with Crippen LogP contribution < -0.4 is 5.32 Å². The third-order valence-corrected chi connectivity index (χ3v) is 3.56. The van der Waals surface area contributed by atoms with Crippen LogP contribution in [0.1, 0.15) is 25.8 Å². The van der Waals surface area contributed by atoms with Crippen LogP contribution in [0.2, 0.25) is 0 Å². The van der Waals surface area contributed by atoms with Crippen molar-refractivity contribution in [2.24, 2.45) is 5.92 Å². The van der Waals surface area contributed by atoms with Crippen LogP contribution in [0.25, 0.3) is 10.9 Å². The number of methoxy groups -OCH3 is 1. The molecule has 0 aliphatic heterocycles. The second-order valence-corrected chi connectivity index (χ2v) is 5.71. The topological polar surface area (TPSA) is 43.3 Å². The van der Waals surface area contributed by atoms with Crippen molar-refractivity contribution in [2.75, 3.05) is 13.7 Å². The average Bonchev–Trinajstić information content (AvgIpc) is 2.88. The summed E-state index contributed by atoms with van der Waals surface area (Å²) in [6.07, 6.45) is 2.44. The standard InChI is InChI=1S/C17H24N2O2/c1-13(2)11-18-12-14-5-4-6-16-15(14)7-9-19(16)10-8-17(20)21-3/h4-7,9,13,18H,8,10-12H2,1-3H3. The van der Waals surface area contributed by atoms with Crippen LogP contribution >= 0.6 is 0 Å². The van der Waals surface area contributed by atoms with Crippen molar-refractivity contribution in [1.29, 1.82) is 0 Å². The number of nitrogens with zero attached hydrogens (tertiary/aromatic N) is 1. The molecule has 0 unspecified atom stereocenters. The van der Waals surface area contributed by atoms with E-state index in [-0.39, 0.29) is 5.97 Å². The van der Waals surface area contributed by atoms with Crippen LogP contribution in [-0.2, 0) is 22.6 Å². The number of aryl methyl sites for hydroxylation is 1. The lowest BCUT2D eigenvalue weighted by Crippen LogP contribution is -2.19. The highest BCUT2D eigenvalue weighted by Gasteiger charge is 2.07. The van der Waals surface area contributed by atoms with Crippen LogP contribution in [0.4, 0.5) is 0 Å². The summed E-state index contributed by atoms with van der Waals surface area (Å²) in [6, 6.07) is 8.45. The highest BCUT2D eigenvalue weighted by Crippen LogP contribution is 2.20. The van der Waals surface area contributed by atoms with Gasteiger partial charge in [0.2, 0.25) is 0 Å². The van der Waals surface area contributed by atoms with Crippen molar-refractivity contribution in [1.82, 2.24) is 9.88 Å². The van der Waals surface area contributed by atoms with Gasteiger partial charge in [-0.05, 0) is 30.2 Å². The summed E-state index contributed by atoms with van der Waals surface area (Å²) in [4.78, 5) is 11.3. The highest BCUT2D eigenvalue weighted by atomic mass is 16.5. The number of fused-ring (bicyclic) bond motifs is 1. The number of esters is 1. The minimum absolute atomic E-state index is 0.174. The van der Waals surface area contributed by atoms with Crippen LogP contribution in [0.3, 0.4) is 0 Å². The summed E-state index contributed by atoms with van der Waals surface area (Å²) in [7, 11) is 1.43. The Kier molecular flexibility index (Phi) is 5.39. The van der Waals surface area contributed by atoms with Crippen LogP contribution in [0.5, 0.6) is 0 Å². The monoisotopic (exact) mass is 288 g/mol. The fraction of sp³-hybridized carbons (Fsp3) is 0.471. The molecule has 114 valence electrons. The third-order valence-electron chi connectivity index (χ3n) is 3.56. The second kappa shape index (κ2) is 7.27. The third kappa shape index (κ3) is 4.08. The molecule has 4 heteroatoms. The molecule has 0 saturated heterocycles. The van der Waals surface area contributed by atoms with Crippen molar-refractivity contribution in [2.45, 2.75) is 33.4 Å². The van der Waals surface area contributed by atoms with Crippen molar-refractivity contribution >= 4 is 16.9 Å². The molecule has 0 radical (unpaired) electrons. The van der Waals surface area contributed by atoms with Gasteiger partial charge in [0.1, 0.15) is 0 Å². The lowest BCUT2D eigenvalue weighted by atomic mass is 10.1. The first kappa shape index (κ1) is 15.6. The molecule has 1 aromatic heterocycles. The van der Waals surface area contributed by atoms with E-state index in [0.29, 0.717) is 18.9 Å². The molecule has 1 aromatic carbocycles. The van der Waals surface area contributed by atoms with Gasteiger partial charge >= 0.3 is 5.97 Å². The van der Waals surface area contributed by atoms with Crippen molar-refractivity contribution in [3.05, 3.63) is 36.0 Å². The number of carbonyl (C=O) groups excluding carboxylic acids is 1. The maximum absolute atomic E-state index is 11.3. The quantitative estimate of drug-likeness (QED) is 0.797. The van der Waals surface area contributed by atoms with E-state index in [2.05, 4.69) is 48.0 Å². The Morgan fingerprint density at radius 3 is 2.86 bits per heavy atom. The van der Waals surface area contributed by atoms with E-state index < -0.39 is 0 Å². The van der Waals surface area contributed by atoms with E-state index in [4.69, 9.17) is 4.74 Å². The number of ether oxygens (including phenoxy) is 1. The summed E-state index contributed by atoms with van der Waals surface area (Å²) in [6.45, 7) is 6.95. The normalized spacial score (nSPS) is 11.2. The molecule has 0 spiro atoms. The van der Waals surface area contributed by atoms with E-state index in [1.54, 1.807) is 0 Å². The summed E-state index contributed by atoms with van der Waals surface area (Å²) >= 11 is 0. The molecule has 0 bridgehead atoms. The first-order valence-corrected chi connectivity index (χ1v) is 7.46. The van der Waals surface area contributed by atoms with Crippen LogP contribution in [0, 0.1) is 5.92 Å². The summed E-state index contributed by atoms with van der Waals surface area (Å²) < 4.78 is 6.81. The van der Waals surface area contributed by atoms with Crippen molar-refractivity contribution in [3.63, 3.8) is 0 Å². The van der Waals surface area contributed by atoms with Crippen LogP contribution in [0.15, 0.2) is 30.5 Å². The number of carbonyl (C=O) groups is 1. The zero-order chi connectivity index (χ0) is 15.2. The SMILES string of the molecule is COC(=O)CCn1ccc2c(CNCC(C)C)cccc21. The lowest BCUT2D eigenvalue weighted by molar-refractivity contribution is -0.140. The molecule has 0 saturated carbocycles. The maximum atomic E-state index is 11.3. The fourth-order valence-electron chi connectivity index (χ4n) is 2.45. The summed E-state index contributed by atoms with van der Waals surface area (Å²) in [5.74, 6) is 0.473. The Morgan fingerprint density at radius 1 is 1.33 bits per heavy atom. The molecule has 1 heterocycles. The first-order chi connectivity index (χ1) is 10.1. The molecule has 2 rings (SSSR count). The van der Waals surface area contributed by atoms with E-state index in [1.165, 1.54) is 23.6 Å². The van der Waals surface area contributed by atoms with Gasteiger partial charge < -0.3 is 14.6 Å². The highest BCUT2D eigenvalue weighted by molar-refractivity contribution is 5.83. The predicted molar refractivity (Wildman–Crippen MR) is 85.1 cm³/mol. The Bertz CT molecular complexity index is 602. The van der Waals surface area contributed by atoms with Gasteiger partial charge in [-0.15, -0.1) is 0 Å². The molecule has 0 fully saturated rings. The van der Waals surface area contributed by atoms with Crippen molar-refractivity contribution in [3.8, 4) is 0 Å². The van der Waals surface area contributed by atoms with Gasteiger partial charge in [0.15, 0.2) is 0 Å². The molecular weight excluding hydrogens is 264 g/mol. The largest absolute Gasteiger partial charge is 0.469 e. The van der Waals surface area contributed by atoms with E-state index in [9.17, 15) is 4.79 Å². The zero-order valence-corrected chi connectivity index (χ0v) is 13.1. The minimum atomic E-state index is -0.174. The van der Waals surface area contributed by atoms with Gasteiger partial charge in [-0.2, -0.15) is 0 Å². The van der Waals surface area contributed by atoms with Crippen LogP contribution in [-0.4, -0.2) is 24.2 Å². The number of nitrogens with one attached hydrogen (secondary N) is 1. The molecule has 2 aromatic rings. The Balaban J connectivity index is 2.11. The summed E-state index contributed by atoms with van der Waals surface area (Å²) in [5.41, 5.74) is 2.47. The van der Waals surface area contributed by atoms with Gasteiger partial charge in [0.05, 0.1) is 13.5 Å². The first-order valence-electron chi connectivity index (χ1n) is 7.46. The average molecular weight is 288 g/mol. The van der Waals surface area contributed by atoms with Gasteiger partial charge in [0, 0.05) is 30.2 Å². The Hall–Kier alpha value is -1.81. The van der Waals surface area contributed by atoms with E-state index >= 15 is 0 Å². The zero-order valence-electron chi connectivity index (χ0n) is 13.1. The predicted octanol–water partition coefficient (Wildman–Crippen LogP) is 2.95. The molecule has 21 heavy (non-hydrogen) atoms. The Morgan fingerprint density at radius 2 is 2.14 bits per heavy atom. The number of hydrogen-bond acceptors (Lipinski definition) is 3. The molecule has 1 N–H and O–H groups in total. The fourth-order valence-corrected chi connectivity index (χ4v) is 2.45. The molecule has 0 atom stereocenters. The number of hydrogen-bond donors (Lipinski definition) is 1. The number of rotatable bonds is 7. The van der Waals surface area contributed by atoms with Gasteiger partial charge in [-0.1, -0.05) is 26.0 Å². The maximum Gasteiger partial charge on any atom is 0.307 e. The van der Waals surface area contributed by atoms with E-state index in [0.717, 1.165) is 13.1 Å². The molecule has 0 aliphatic carbocycles. The molecule has 0 aliphatic rings. The van der Waals surface area contributed by atoms with Gasteiger partial charge in [0.25, 0.3) is 0 Å².